The molecule has 404 valence electrons. The fourth-order valence-corrected chi connectivity index (χ4v) is 9.82. The second-order valence-corrected chi connectivity index (χ2v) is 21.0. The number of aromatic nitrogens is 3. The van der Waals surface area contributed by atoms with Crippen LogP contribution in [0.25, 0.3) is 21.9 Å². The Balaban J connectivity index is 0.797. The standard InChI is InChI=1S/C59H69FN10O7/c1-6-40-12-10-14-44(30-40)45-33-51(64-53(72)38-70(58(76)77-59(3,4)5)36-43-13-9-11-39(2)29-43)54(63-34-45)57(75)69-23-19-41(20-24-69)35-67-25-27-68(28-26-67)37-52(71)61-21-22-62-55(73)48-31-42(17-18-49(48)60)32-50-46-15-7-8-16-47(46)56(74)66-65-50/h7-18,29-31,33-34,41H,6,19-28,32,35-38H2,1-5H3,(H,61,71)(H,62,73)(H,64,72)(H,66,74). The van der Waals surface area contributed by atoms with Gasteiger partial charge in [0.15, 0.2) is 5.69 Å². The van der Waals surface area contributed by atoms with Gasteiger partial charge in [0.2, 0.25) is 11.8 Å². The van der Waals surface area contributed by atoms with Crippen LogP contribution in [0.3, 0.4) is 0 Å². The van der Waals surface area contributed by atoms with E-state index < -0.39 is 29.3 Å². The third-order valence-electron chi connectivity index (χ3n) is 13.9. The van der Waals surface area contributed by atoms with Crippen molar-refractivity contribution < 1.29 is 33.1 Å². The summed E-state index contributed by atoms with van der Waals surface area (Å²) in [6, 6.07) is 28.9. The number of fused-ring (bicyclic) bond motifs is 1. The minimum absolute atomic E-state index is 0.110. The normalized spacial score (nSPS) is 14.5. The summed E-state index contributed by atoms with van der Waals surface area (Å²) in [6.45, 7) is 14.6. The Morgan fingerprint density at radius 2 is 1.49 bits per heavy atom. The monoisotopic (exact) mass is 1050 g/mol. The fraction of sp³-hybridized carbons (Fsp3) is 0.390. The number of hydrogen-bond acceptors (Lipinski definition) is 11. The maximum absolute atomic E-state index is 14.8. The van der Waals surface area contributed by atoms with E-state index in [1.807, 2.05) is 55.5 Å². The molecule has 4 aromatic carbocycles. The van der Waals surface area contributed by atoms with Gasteiger partial charge >= 0.3 is 6.09 Å². The fourth-order valence-electron chi connectivity index (χ4n) is 9.82. The molecule has 0 radical (unpaired) electrons. The van der Waals surface area contributed by atoms with Crippen LogP contribution in [-0.4, -0.2) is 142 Å². The largest absolute Gasteiger partial charge is 0.444 e. The van der Waals surface area contributed by atoms with E-state index in [1.165, 1.54) is 17.0 Å². The van der Waals surface area contributed by atoms with Crippen LogP contribution >= 0.6 is 0 Å². The molecular weight excluding hydrogens is 980 g/mol. The lowest BCUT2D eigenvalue weighted by Crippen LogP contribution is -2.51. The summed E-state index contributed by atoms with van der Waals surface area (Å²) < 4.78 is 20.5. The van der Waals surface area contributed by atoms with Crippen molar-refractivity contribution in [2.45, 2.75) is 72.4 Å². The number of benzene rings is 4. The highest BCUT2D eigenvalue weighted by Crippen LogP contribution is 2.29. The Labute approximate surface area is 448 Å². The topological polar surface area (TPSA) is 202 Å². The number of anilines is 1. The number of aryl methyl sites for hydroxylation is 2. The molecule has 0 atom stereocenters. The lowest BCUT2D eigenvalue weighted by atomic mass is 9.95. The number of nitrogens with zero attached hydrogens (tertiary/aromatic N) is 6. The lowest BCUT2D eigenvalue weighted by Gasteiger charge is -2.38. The molecule has 18 heteroatoms. The third-order valence-corrected chi connectivity index (χ3v) is 13.9. The Bertz CT molecular complexity index is 3160. The van der Waals surface area contributed by atoms with Crippen molar-refractivity contribution in [3.63, 3.8) is 0 Å². The molecule has 8 rings (SSSR count). The summed E-state index contributed by atoms with van der Waals surface area (Å²) in [5.41, 5.74) is 5.07. The highest BCUT2D eigenvalue weighted by Gasteiger charge is 2.30. The number of aromatic amines is 1. The molecule has 2 fully saturated rings. The van der Waals surface area contributed by atoms with Gasteiger partial charge in [-0.3, -0.25) is 33.8 Å². The molecule has 17 nitrogen and oxygen atoms in total. The summed E-state index contributed by atoms with van der Waals surface area (Å²) in [7, 11) is 0. The number of nitrogens with one attached hydrogen (secondary N) is 4. The third kappa shape index (κ3) is 15.2. The van der Waals surface area contributed by atoms with Crippen LogP contribution in [0.4, 0.5) is 14.9 Å². The molecule has 2 aromatic heterocycles. The molecule has 77 heavy (non-hydrogen) atoms. The van der Waals surface area contributed by atoms with E-state index in [-0.39, 0.29) is 73.5 Å². The van der Waals surface area contributed by atoms with Crippen molar-refractivity contribution in [2.75, 3.05) is 77.3 Å². The van der Waals surface area contributed by atoms with Crippen molar-refractivity contribution in [2.24, 2.45) is 5.92 Å². The van der Waals surface area contributed by atoms with Gasteiger partial charge in [-0.15, -0.1) is 0 Å². The first-order valence-corrected chi connectivity index (χ1v) is 26.4. The van der Waals surface area contributed by atoms with Crippen LogP contribution in [0, 0.1) is 18.7 Å². The van der Waals surface area contributed by atoms with Crippen LogP contribution in [-0.2, 0) is 33.7 Å². The molecule has 2 aliphatic heterocycles. The molecule has 6 aromatic rings. The maximum atomic E-state index is 14.8. The number of hydrogen-bond donors (Lipinski definition) is 4. The van der Waals surface area contributed by atoms with Crippen molar-refractivity contribution in [3.05, 3.63) is 159 Å². The smallest absolute Gasteiger partial charge is 0.411 e. The van der Waals surface area contributed by atoms with Crippen molar-refractivity contribution in [1.82, 2.24) is 45.4 Å². The van der Waals surface area contributed by atoms with Crippen LogP contribution in [0.2, 0.25) is 0 Å². The zero-order chi connectivity index (χ0) is 54.6. The number of halogens is 1. The van der Waals surface area contributed by atoms with Crippen molar-refractivity contribution in [3.8, 4) is 11.1 Å². The molecule has 5 amide bonds. The first-order chi connectivity index (χ1) is 37.0. The van der Waals surface area contributed by atoms with Gasteiger partial charge in [-0.2, -0.15) is 5.10 Å². The van der Waals surface area contributed by atoms with E-state index in [4.69, 9.17) is 9.72 Å². The van der Waals surface area contributed by atoms with Crippen LogP contribution < -0.4 is 21.5 Å². The summed E-state index contributed by atoms with van der Waals surface area (Å²) in [4.78, 5) is 92.3. The number of ether oxygens (including phenoxy) is 1. The zero-order valence-electron chi connectivity index (χ0n) is 44.6. The van der Waals surface area contributed by atoms with Crippen molar-refractivity contribution in [1.29, 1.82) is 0 Å². The molecule has 4 heterocycles. The highest BCUT2D eigenvalue weighted by molar-refractivity contribution is 6.04. The number of amides is 5. The zero-order valence-corrected chi connectivity index (χ0v) is 44.6. The molecule has 0 bridgehead atoms. The summed E-state index contributed by atoms with van der Waals surface area (Å²) in [5.74, 6) is -1.86. The number of carbonyl (C=O) groups excluding carboxylic acids is 5. The summed E-state index contributed by atoms with van der Waals surface area (Å²) in [6.07, 6.45) is 3.74. The van der Waals surface area contributed by atoms with Crippen LogP contribution in [0.5, 0.6) is 0 Å². The molecule has 0 aliphatic carbocycles. The average molecular weight is 1050 g/mol. The van der Waals surface area contributed by atoms with Gasteiger partial charge in [0, 0.05) is 89.0 Å². The number of piperazine rings is 1. The number of carbonyl (C=O) groups is 5. The lowest BCUT2D eigenvalue weighted by molar-refractivity contribution is -0.122. The van der Waals surface area contributed by atoms with E-state index in [9.17, 15) is 33.2 Å². The molecule has 0 unspecified atom stereocenters. The van der Waals surface area contributed by atoms with Crippen LogP contribution in [0.1, 0.15) is 89.3 Å². The molecule has 0 saturated carbocycles. The van der Waals surface area contributed by atoms with Crippen molar-refractivity contribution >= 4 is 46.2 Å². The first kappa shape index (κ1) is 55.4. The van der Waals surface area contributed by atoms with Gasteiger partial charge in [0.25, 0.3) is 17.4 Å². The average Bonchev–Trinajstić information content (AvgIpc) is 3.43. The predicted octanol–water partition coefficient (Wildman–Crippen LogP) is 6.98. The Hall–Kier alpha value is -7.83. The van der Waals surface area contributed by atoms with E-state index in [2.05, 4.69) is 48.9 Å². The predicted molar refractivity (Wildman–Crippen MR) is 294 cm³/mol. The van der Waals surface area contributed by atoms with Crippen LogP contribution in [0.15, 0.2) is 108 Å². The summed E-state index contributed by atoms with van der Waals surface area (Å²) in [5, 5.41) is 16.4. The number of H-pyrrole nitrogens is 1. The van der Waals surface area contributed by atoms with Gasteiger partial charge in [-0.1, -0.05) is 85.3 Å². The molecule has 2 saturated heterocycles. The van der Waals surface area contributed by atoms with Gasteiger partial charge in [0.05, 0.1) is 28.9 Å². The summed E-state index contributed by atoms with van der Waals surface area (Å²) >= 11 is 0. The van der Waals surface area contributed by atoms with Gasteiger partial charge in [-0.25, -0.2) is 19.3 Å². The minimum atomic E-state index is -0.785. The van der Waals surface area contributed by atoms with Gasteiger partial charge in [0.1, 0.15) is 18.0 Å². The Kier molecular flexibility index (Phi) is 18.2. The Morgan fingerprint density at radius 1 is 0.779 bits per heavy atom. The van der Waals surface area contributed by atoms with Gasteiger partial charge < -0.3 is 30.5 Å². The second-order valence-electron chi connectivity index (χ2n) is 21.0. The van der Waals surface area contributed by atoms with E-state index >= 15 is 0 Å². The number of pyridine rings is 1. The SMILES string of the molecule is CCc1cccc(-c2cnc(C(=O)N3CCC(CN4CCN(CC(=O)NCCNC(=O)c5cc(Cc6n[nH]c(=O)c7ccccc67)ccc5F)CC4)CC3)c(NC(=O)CN(Cc3cccc(C)c3)C(=O)OC(C)(C)C)c2)c1. The second kappa shape index (κ2) is 25.3. The maximum Gasteiger partial charge on any atom is 0.411 e. The van der Waals surface area contributed by atoms with Gasteiger partial charge in [-0.05, 0) is 99.4 Å². The number of rotatable bonds is 18. The molecule has 0 spiro atoms. The van der Waals surface area contributed by atoms with E-state index in [0.717, 1.165) is 66.7 Å². The minimum Gasteiger partial charge on any atom is -0.444 e. The first-order valence-electron chi connectivity index (χ1n) is 26.4. The molecule has 2 aliphatic rings. The number of likely N-dealkylation sites (tertiary alicyclic amines) is 1. The van der Waals surface area contributed by atoms with E-state index in [0.29, 0.717) is 54.1 Å². The quantitative estimate of drug-likeness (QED) is 0.0648. The number of piperidine rings is 1. The van der Waals surface area contributed by atoms with E-state index in [1.54, 1.807) is 62.2 Å². The molecular formula is C59H69FN10O7. The Morgan fingerprint density at radius 3 is 2.23 bits per heavy atom. The molecule has 4 N–H and O–H groups in total. The highest BCUT2D eigenvalue weighted by atomic mass is 19.1.